The molecule has 1 rings (SSSR count). The van der Waals surface area contributed by atoms with Gasteiger partial charge in [0, 0.05) is 0 Å². The minimum absolute atomic E-state index is 0.112. The minimum Gasteiger partial charge on any atom is -0.481 e. The molecule has 76 valence electrons. The molecule has 0 spiro atoms. The Bertz CT molecular complexity index is 264. The van der Waals surface area contributed by atoms with Crippen LogP contribution in [0.3, 0.4) is 0 Å². The van der Waals surface area contributed by atoms with Gasteiger partial charge in [0.25, 0.3) is 0 Å². The van der Waals surface area contributed by atoms with Gasteiger partial charge in [-0.05, 0) is 5.56 Å². The summed E-state index contributed by atoms with van der Waals surface area (Å²) in [6, 6.07) is 9.13. The van der Waals surface area contributed by atoms with Crippen LogP contribution in [-0.2, 0) is 11.2 Å². The van der Waals surface area contributed by atoms with E-state index in [2.05, 4.69) is 0 Å². The predicted octanol–water partition coefficient (Wildman–Crippen LogP) is 2.19. The van der Waals surface area contributed by atoms with E-state index in [9.17, 15) is 17.7 Å². The molecule has 0 aliphatic rings. The van der Waals surface area contributed by atoms with E-state index in [1.165, 1.54) is 0 Å². The van der Waals surface area contributed by atoms with E-state index < -0.39 is 13.5 Å². The Hall–Kier alpha value is -1.46. The topological polar surface area (TPSA) is 37.3 Å². The lowest BCUT2D eigenvalue weighted by molar-refractivity contribution is -0.136. The number of hydrogen-bond donors (Lipinski definition) is 1. The molecule has 2 nitrogen and oxygen atoms in total. The smallest absolute Gasteiger partial charge is 0.481 e. The van der Waals surface area contributed by atoms with Crippen LogP contribution in [0.1, 0.15) is 5.56 Å². The second kappa shape index (κ2) is 7.00. The van der Waals surface area contributed by atoms with E-state index in [1.807, 2.05) is 18.2 Å². The third-order valence-corrected chi connectivity index (χ3v) is 1.20. The van der Waals surface area contributed by atoms with Crippen LogP contribution in [0.15, 0.2) is 30.3 Å². The van der Waals surface area contributed by atoms with Crippen molar-refractivity contribution in [2.75, 3.05) is 0 Å². The van der Waals surface area contributed by atoms with E-state index in [0.717, 1.165) is 5.56 Å². The van der Waals surface area contributed by atoms with Crippen LogP contribution in [-0.4, -0.2) is 18.6 Å². The molecule has 0 radical (unpaired) electrons. The van der Waals surface area contributed by atoms with Gasteiger partial charge >= 0.3 is 13.5 Å². The van der Waals surface area contributed by atoms with Gasteiger partial charge in [-0.2, -0.15) is 0 Å². The molecular weight excluding hydrogens is 196 g/mol. The van der Waals surface area contributed by atoms with Crippen molar-refractivity contribution >= 4 is 13.5 Å². The van der Waals surface area contributed by atoms with Crippen molar-refractivity contribution in [3.05, 3.63) is 35.9 Å². The molecule has 0 saturated heterocycles. The summed E-state index contributed by atoms with van der Waals surface area (Å²) in [5.41, 5.74) is 0.843. The third kappa shape index (κ3) is 8.64. The molecule has 14 heavy (non-hydrogen) atoms. The van der Waals surface area contributed by atoms with E-state index in [-0.39, 0.29) is 6.42 Å². The summed E-state index contributed by atoms with van der Waals surface area (Å²) in [4.78, 5) is 10.2. The van der Waals surface area contributed by atoms with Crippen LogP contribution in [0.4, 0.5) is 12.9 Å². The molecule has 0 aromatic heterocycles. The molecule has 0 unspecified atom stereocenters. The number of rotatable bonds is 2. The van der Waals surface area contributed by atoms with E-state index in [0.29, 0.717) is 0 Å². The highest BCUT2D eigenvalue weighted by Crippen LogP contribution is 1.98. The van der Waals surface area contributed by atoms with E-state index in [4.69, 9.17) is 5.11 Å². The lowest BCUT2D eigenvalue weighted by Crippen LogP contribution is -1.98. The Kier molecular flexibility index (Phi) is 6.27. The monoisotopic (exact) mass is 204 g/mol. The van der Waals surface area contributed by atoms with Gasteiger partial charge in [0.15, 0.2) is 0 Å². The van der Waals surface area contributed by atoms with Crippen molar-refractivity contribution in [1.82, 2.24) is 0 Å². The fourth-order valence-corrected chi connectivity index (χ4v) is 0.770. The summed E-state index contributed by atoms with van der Waals surface area (Å²) in [5, 5.41) is 8.37. The summed E-state index contributed by atoms with van der Waals surface area (Å²) in [6.07, 6.45) is 0.112. The quantitative estimate of drug-likeness (QED) is 0.749. The Morgan fingerprint density at radius 2 is 1.64 bits per heavy atom. The number of carboxylic acid groups (broad SMARTS) is 1. The lowest BCUT2D eigenvalue weighted by Gasteiger charge is -1.92. The predicted molar refractivity (Wildman–Crippen MR) is 46.9 cm³/mol. The number of aliphatic carboxylic acids is 1. The van der Waals surface area contributed by atoms with Crippen LogP contribution in [0.2, 0.25) is 0 Å². The van der Waals surface area contributed by atoms with Crippen LogP contribution >= 0.6 is 0 Å². The number of hydrogen-bond acceptors (Lipinski definition) is 1. The van der Waals surface area contributed by atoms with Gasteiger partial charge in [-0.15, -0.1) is 0 Å². The summed E-state index contributed by atoms with van der Waals surface area (Å²) in [5.74, 6) is -0.786. The molecule has 1 N–H and O–H groups in total. The van der Waals surface area contributed by atoms with Crippen molar-refractivity contribution < 1.29 is 22.8 Å². The Morgan fingerprint density at radius 1 is 1.21 bits per heavy atom. The largest absolute Gasteiger partial charge is 0.762 e. The van der Waals surface area contributed by atoms with Crippen LogP contribution < -0.4 is 0 Å². The normalized spacial score (nSPS) is 8.50. The molecular formula is C8H8BF3O2. The molecule has 0 atom stereocenters. The zero-order chi connectivity index (χ0) is 11.0. The maximum absolute atomic E-state index is 10.2. The molecule has 0 aliphatic heterocycles. The zero-order valence-corrected chi connectivity index (χ0v) is 7.16. The summed E-state index contributed by atoms with van der Waals surface area (Å²) in [6.45, 7) is 0. The Labute approximate surface area is 79.6 Å². The van der Waals surface area contributed by atoms with E-state index in [1.54, 1.807) is 12.1 Å². The van der Waals surface area contributed by atoms with Gasteiger partial charge in [0.2, 0.25) is 0 Å². The van der Waals surface area contributed by atoms with Gasteiger partial charge in [-0.25, -0.2) is 0 Å². The molecule has 1 aromatic rings. The van der Waals surface area contributed by atoms with Gasteiger partial charge in [0.1, 0.15) is 0 Å². The maximum Gasteiger partial charge on any atom is 0.762 e. The summed E-state index contributed by atoms with van der Waals surface area (Å²) < 4.78 is 29.0. The second-order valence-electron chi connectivity index (χ2n) is 2.30. The van der Waals surface area contributed by atoms with Crippen molar-refractivity contribution in [3.63, 3.8) is 0 Å². The molecule has 0 bridgehead atoms. The highest BCUT2D eigenvalue weighted by Gasteiger charge is 2.06. The maximum atomic E-state index is 10.2. The molecule has 0 heterocycles. The summed E-state index contributed by atoms with van der Waals surface area (Å²) >= 11 is 0. The van der Waals surface area contributed by atoms with Crippen LogP contribution in [0, 0.1) is 0 Å². The van der Waals surface area contributed by atoms with E-state index >= 15 is 0 Å². The summed E-state index contributed by atoms with van der Waals surface area (Å²) in [7, 11) is -3.67. The Morgan fingerprint density at radius 3 is 2.00 bits per heavy atom. The van der Waals surface area contributed by atoms with Crippen molar-refractivity contribution in [2.24, 2.45) is 0 Å². The molecule has 0 amide bonds. The van der Waals surface area contributed by atoms with Crippen molar-refractivity contribution in [3.8, 4) is 0 Å². The zero-order valence-electron chi connectivity index (χ0n) is 7.16. The molecule has 6 heteroatoms. The van der Waals surface area contributed by atoms with Crippen LogP contribution in [0.5, 0.6) is 0 Å². The molecule has 0 aliphatic carbocycles. The second-order valence-corrected chi connectivity index (χ2v) is 2.30. The third-order valence-electron chi connectivity index (χ3n) is 1.20. The lowest BCUT2D eigenvalue weighted by atomic mass is 10.2. The number of halogens is 3. The van der Waals surface area contributed by atoms with Gasteiger partial charge in [-0.3, -0.25) is 17.7 Å². The number of carbonyl (C=O) groups is 1. The first-order chi connectivity index (χ1) is 6.52. The molecule has 0 saturated carbocycles. The Balaban J connectivity index is 0.000000364. The SMILES string of the molecule is FB(F)F.O=C(O)Cc1ccccc1. The highest BCUT2D eigenvalue weighted by molar-refractivity contribution is 6.33. The highest BCUT2D eigenvalue weighted by atomic mass is 19.4. The number of benzene rings is 1. The first-order valence-corrected chi connectivity index (χ1v) is 3.70. The van der Waals surface area contributed by atoms with Crippen LogP contribution in [0.25, 0.3) is 0 Å². The standard InChI is InChI=1S/C8H8O2.BF3/c9-8(10)6-7-4-2-1-3-5-7;2-1(3)4/h1-5H,6H2,(H,9,10);. The average molecular weight is 204 g/mol. The van der Waals surface area contributed by atoms with Gasteiger partial charge < -0.3 is 5.11 Å². The number of carboxylic acids is 1. The van der Waals surface area contributed by atoms with Crippen molar-refractivity contribution in [1.29, 1.82) is 0 Å². The first kappa shape index (κ1) is 12.5. The minimum atomic E-state index is -3.67. The average Bonchev–Trinajstić information content (AvgIpc) is 2.03. The van der Waals surface area contributed by atoms with Crippen molar-refractivity contribution in [2.45, 2.75) is 6.42 Å². The van der Waals surface area contributed by atoms with Gasteiger partial charge in [0.05, 0.1) is 6.42 Å². The van der Waals surface area contributed by atoms with Gasteiger partial charge in [-0.1, -0.05) is 30.3 Å². The molecule has 1 aromatic carbocycles. The first-order valence-electron chi connectivity index (χ1n) is 3.70. The fraction of sp³-hybridized carbons (Fsp3) is 0.125. The molecule has 0 fully saturated rings. The fourth-order valence-electron chi connectivity index (χ4n) is 0.770.